The molecule has 2 aromatic carbocycles. The second-order valence-corrected chi connectivity index (χ2v) is 7.03. The van der Waals surface area contributed by atoms with Crippen molar-refractivity contribution < 1.29 is 19.5 Å². The first-order valence-electron chi connectivity index (χ1n) is 10.1. The Balaban J connectivity index is 2.04. The summed E-state index contributed by atoms with van der Waals surface area (Å²) >= 11 is 0. The van der Waals surface area contributed by atoms with Gasteiger partial charge in [0, 0.05) is 18.8 Å². The molecule has 0 saturated heterocycles. The summed E-state index contributed by atoms with van der Waals surface area (Å²) in [5, 5.41) is 9.08. The highest BCUT2D eigenvalue weighted by molar-refractivity contribution is 6.57. The van der Waals surface area contributed by atoms with Crippen LogP contribution in [0.3, 0.4) is 0 Å². The van der Waals surface area contributed by atoms with Gasteiger partial charge in [0.1, 0.15) is 5.71 Å². The quantitative estimate of drug-likeness (QED) is 0.551. The molecule has 0 aliphatic carbocycles. The number of amides is 2. The molecular formula is C24H22N4O4. The van der Waals surface area contributed by atoms with E-state index in [9.17, 15) is 14.4 Å². The molecule has 1 heterocycles. The molecule has 8 heteroatoms. The molecule has 1 aliphatic rings. The molecule has 8 nitrogen and oxygen atoms in total. The third-order valence-electron chi connectivity index (χ3n) is 5.23. The summed E-state index contributed by atoms with van der Waals surface area (Å²) in [6, 6.07) is 12.7. The zero-order valence-corrected chi connectivity index (χ0v) is 18.0. The second kappa shape index (κ2) is 9.27. The van der Waals surface area contributed by atoms with Crippen LogP contribution in [0.4, 0.5) is 17.1 Å². The van der Waals surface area contributed by atoms with Gasteiger partial charge in [-0.3, -0.25) is 14.5 Å². The van der Waals surface area contributed by atoms with Crippen molar-refractivity contribution >= 4 is 40.6 Å². The van der Waals surface area contributed by atoms with Crippen LogP contribution in [0.2, 0.25) is 0 Å². The molecule has 0 bridgehead atoms. The summed E-state index contributed by atoms with van der Waals surface area (Å²) in [4.78, 5) is 47.9. The standard InChI is InChI=1S/C24H22N4O4/c1-5-27(6-2)18-13-9-17(10-14-18)26-21-15(3)20(25-4)22(29)28(23(21)30)19-11-7-16(8-12-19)24(31)32/h7-14H,5-6H2,1-3H3,(H,31,32). The minimum atomic E-state index is -1.12. The van der Waals surface area contributed by atoms with Gasteiger partial charge in [0.15, 0.2) is 0 Å². The second-order valence-electron chi connectivity index (χ2n) is 7.03. The number of imide groups is 1. The van der Waals surface area contributed by atoms with Gasteiger partial charge in [0.25, 0.3) is 17.5 Å². The van der Waals surface area contributed by atoms with Crippen molar-refractivity contribution in [3.8, 4) is 0 Å². The Kier molecular flexibility index (Phi) is 6.50. The van der Waals surface area contributed by atoms with E-state index in [4.69, 9.17) is 11.7 Å². The molecule has 32 heavy (non-hydrogen) atoms. The number of rotatable bonds is 6. The van der Waals surface area contributed by atoms with E-state index >= 15 is 0 Å². The molecule has 0 radical (unpaired) electrons. The highest BCUT2D eigenvalue weighted by atomic mass is 16.4. The van der Waals surface area contributed by atoms with Gasteiger partial charge in [-0.25, -0.2) is 14.6 Å². The van der Waals surface area contributed by atoms with Crippen molar-refractivity contribution in [1.82, 2.24) is 0 Å². The van der Waals surface area contributed by atoms with E-state index in [0.29, 0.717) is 5.69 Å². The van der Waals surface area contributed by atoms with Crippen molar-refractivity contribution in [2.45, 2.75) is 20.8 Å². The van der Waals surface area contributed by atoms with Crippen molar-refractivity contribution in [2.24, 2.45) is 4.99 Å². The van der Waals surface area contributed by atoms with Crippen LogP contribution in [0.15, 0.2) is 64.8 Å². The zero-order valence-electron chi connectivity index (χ0n) is 18.0. The van der Waals surface area contributed by atoms with Gasteiger partial charge in [0.2, 0.25) is 0 Å². The maximum Gasteiger partial charge on any atom is 0.335 e. The smallest absolute Gasteiger partial charge is 0.335 e. The highest BCUT2D eigenvalue weighted by Gasteiger charge is 2.38. The minimum Gasteiger partial charge on any atom is -0.478 e. The fourth-order valence-electron chi connectivity index (χ4n) is 3.44. The van der Waals surface area contributed by atoms with Crippen LogP contribution in [0, 0.1) is 6.57 Å². The zero-order chi connectivity index (χ0) is 23.4. The van der Waals surface area contributed by atoms with Gasteiger partial charge in [-0.2, -0.15) is 0 Å². The molecule has 3 rings (SSSR count). The number of carbonyl (C=O) groups excluding carboxylic acids is 2. The van der Waals surface area contributed by atoms with Gasteiger partial charge in [-0.15, -0.1) is 0 Å². The summed E-state index contributed by atoms with van der Waals surface area (Å²) in [5.41, 5.74) is 1.73. The van der Waals surface area contributed by atoms with Crippen LogP contribution in [-0.4, -0.2) is 41.7 Å². The lowest BCUT2D eigenvalue weighted by atomic mass is 10.0. The monoisotopic (exact) mass is 430 g/mol. The topological polar surface area (TPSA) is 94.6 Å². The average Bonchev–Trinajstić information content (AvgIpc) is 2.79. The first-order valence-corrected chi connectivity index (χ1v) is 10.1. The summed E-state index contributed by atoms with van der Waals surface area (Å²) in [5.74, 6) is -2.56. The Morgan fingerprint density at radius 3 is 2.12 bits per heavy atom. The molecular weight excluding hydrogens is 408 g/mol. The number of carbonyl (C=O) groups is 3. The van der Waals surface area contributed by atoms with Gasteiger partial charge in [0.05, 0.1) is 23.5 Å². The Morgan fingerprint density at radius 1 is 1.03 bits per heavy atom. The Morgan fingerprint density at radius 2 is 1.62 bits per heavy atom. The molecule has 0 fully saturated rings. The molecule has 0 saturated carbocycles. The lowest BCUT2D eigenvalue weighted by Crippen LogP contribution is -2.46. The van der Waals surface area contributed by atoms with E-state index < -0.39 is 17.8 Å². The lowest BCUT2D eigenvalue weighted by molar-refractivity contribution is -0.121. The molecule has 1 aliphatic heterocycles. The van der Waals surface area contributed by atoms with Crippen LogP contribution in [-0.2, 0) is 9.59 Å². The highest BCUT2D eigenvalue weighted by Crippen LogP contribution is 2.28. The van der Waals surface area contributed by atoms with E-state index in [1.807, 2.05) is 12.1 Å². The third-order valence-corrected chi connectivity index (χ3v) is 5.23. The Labute approximate surface area is 185 Å². The molecule has 2 amide bonds. The summed E-state index contributed by atoms with van der Waals surface area (Å²) < 4.78 is 0. The van der Waals surface area contributed by atoms with Crippen LogP contribution >= 0.6 is 0 Å². The third kappa shape index (κ3) is 4.14. The van der Waals surface area contributed by atoms with Crippen LogP contribution < -0.4 is 9.80 Å². The average molecular weight is 430 g/mol. The SMILES string of the molecule is [C-]#[N+]C1=C(C)C(=Nc2ccc(N(CC)CC)cc2)C(=O)N(c2ccc(C(=O)O)cc2)C1=O. The molecule has 0 spiro atoms. The molecule has 1 N–H and O–H groups in total. The Hall–Kier alpha value is -4.25. The van der Waals surface area contributed by atoms with Gasteiger partial charge in [-0.05, 0) is 74.9 Å². The molecule has 2 aromatic rings. The van der Waals surface area contributed by atoms with E-state index in [0.717, 1.165) is 23.7 Å². The predicted octanol–water partition coefficient (Wildman–Crippen LogP) is 4.07. The number of aromatic carboxylic acids is 1. The van der Waals surface area contributed by atoms with Crippen LogP contribution in [0.5, 0.6) is 0 Å². The van der Waals surface area contributed by atoms with E-state index in [2.05, 4.69) is 28.6 Å². The molecule has 0 atom stereocenters. The molecule has 0 aromatic heterocycles. The van der Waals surface area contributed by atoms with E-state index in [1.54, 1.807) is 12.1 Å². The van der Waals surface area contributed by atoms with Crippen molar-refractivity contribution in [1.29, 1.82) is 0 Å². The number of benzene rings is 2. The number of nitrogens with zero attached hydrogens (tertiary/aromatic N) is 4. The van der Waals surface area contributed by atoms with Gasteiger partial charge < -0.3 is 10.0 Å². The number of hydrogen-bond acceptors (Lipinski definition) is 5. The number of hydrogen-bond donors (Lipinski definition) is 1. The summed E-state index contributed by atoms with van der Waals surface area (Å²) in [6.45, 7) is 14.8. The maximum atomic E-state index is 13.2. The van der Waals surface area contributed by atoms with Gasteiger partial charge in [-0.1, -0.05) is 0 Å². The molecule has 0 unspecified atom stereocenters. The van der Waals surface area contributed by atoms with Crippen LogP contribution in [0.1, 0.15) is 31.1 Å². The maximum absolute atomic E-state index is 13.2. The van der Waals surface area contributed by atoms with Crippen LogP contribution in [0.25, 0.3) is 4.85 Å². The number of anilines is 2. The van der Waals surface area contributed by atoms with Gasteiger partial charge >= 0.3 is 5.97 Å². The van der Waals surface area contributed by atoms with E-state index in [1.165, 1.54) is 31.2 Å². The largest absolute Gasteiger partial charge is 0.478 e. The normalized spacial score (nSPS) is 15.2. The number of carboxylic acids is 1. The van der Waals surface area contributed by atoms with E-state index in [-0.39, 0.29) is 28.2 Å². The van der Waals surface area contributed by atoms with Crippen molar-refractivity contribution in [2.75, 3.05) is 22.9 Å². The lowest BCUT2D eigenvalue weighted by Gasteiger charge is -2.27. The minimum absolute atomic E-state index is 0.00602. The van der Waals surface area contributed by atoms with Crippen molar-refractivity contribution in [3.05, 3.63) is 76.8 Å². The fraction of sp³-hybridized carbons (Fsp3) is 0.208. The first kappa shape index (κ1) is 22.4. The summed E-state index contributed by atoms with van der Waals surface area (Å²) in [6.07, 6.45) is 0. The first-order chi connectivity index (χ1) is 15.3. The van der Waals surface area contributed by atoms with Crippen molar-refractivity contribution in [3.63, 3.8) is 0 Å². The fourth-order valence-corrected chi connectivity index (χ4v) is 3.44. The summed E-state index contributed by atoms with van der Waals surface area (Å²) in [7, 11) is 0. The Bertz CT molecular complexity index is 1170. The molecule has 162 valence electrons. The predicted molar refractivity (Wildman–Crippen MR) is 122 cm³/mol. The number of carboxylic acid groups (broad SMARTS) is 1. The number of aliphatic imine (C=N–C) groups is 1.